The summed E-state index contributed by atoms with van der Waals surface area (Å²) in [6.07, 6.45) is 1.96. The van der Waals surface area contributed by atoms with Crippen molar-refractivity contribution in [2.75, 3.05) is 13.2 Å². The summed E-state index contributed by atoms with van der Waals surface area (Å²) in [4.78, 5) is 30.7. The maximum absolute atomic E-state index is 13.2. The number of amides is 1. The zero-order chi connectivity index (χ0) is 20.4. The third kappa shape index (κ3) is 4.25. The number of aromatic amines is 1. The summed E-state index contributed by atoms with van der Waals surface area (Å²) >= 11 is 0. The zero-order valence-electron chi connectivity index (χ0n) is 16.9. The van der Waals surface area contributed by atoms with E-state index < -0.39 is 0 Å². The molecule has 150 valence electrons. The Balaban J connectivity index is 1.66. The number of nitrogens with one attached hydrogen (secondary N) is 1. The van der Waals surface area contributed by atoms with E-state index in [2.05, 4.69) is 4.98 Å². The molecule has 29 heavy (non-hydrogen) atoms. The van der Waals surface area contributed by atoms with Gasteiger partial charge in [-0.3, -0.25) is 9.59 Å². The molecule has 3 aromatic rings. The Kier molecular flexibility index (Phi) is 5.49. The van der Waals surface area contributed by atoms with Gasteiger partial charge in [0.15, 0.2) is 0 Å². The van der Waals surface area contributed by atoms with Gasteiger partial charge in [0.05, 0.1) is 18.2 Å². The third-order valence-corrected chi connectivity index (χ3v) is 5.56. The molecule has 5 nitrogen and oxygen atoms in total. The summed E-state index contributed by atoms with van der Waals surface area (Å²) in [5.41, 5.74) is 4.03. The van der Waals surface area contributed by atoms with Crippen molar-refractivity contribution >= 4 is 16.8 Å². The largest absolute Gasteiger partial charge is 0.376 e. The highest BCUT2D eigenvalue weighted by Gasteiger charge is 2.24. The molecule has 1 aliphatic heterocycles. The van der Waals surface area contributed by atoms with E-state index in [9.17, 15) is 9.59 Å². The SMILES string of the molecule is Cc1ccc(C(=O)N(Cc2cc3cccc(C)c3[nH]c2=O)CC2CCCO2)cc1. The molecule has 1 fully saturated rings. The minimum absolute atomic E-state index is 0.0196. The third-order valence-electron chi connectivity index (χ3n) is 5.56. The fourth-order valence-corrected chi connectivity index (χ4v) is 3.88. The molecule has 1 aromatic heterocycles. The van der Waals surface area contributed by atoms with Gasteiger partial charge in [0.25, 0.3) is 11.5 Å². The summed E-state index contributed by atoms with van der Waals surface area (Å²) in [6, 6.07) is 15.4. The summed E-state index contributed by atoms with van der Waals surface area (Å²) in [7, 11) is 0. The van der Waals surface area contributed by atoms with Crippen LogP contribution in [-0.2, 0) is 11.3 Å². The van der Waals surface area contributed by atoms with E-state index in [1.165, 1.54) is 0 Å². The number of hydrogen-bond acceptors (Lipinski definition) is 3. The predicted molar refractivity (Wildman–Crippen MR) is 114 cm³/mol. The molecular weight excluding hydrogens is 364 g/mol. The molecule has 4 rings (SSSR count). The first-order chi connectivity index (χ1) is 14.0. The molecule has 1 unspecified atom stereocenters. The Hall–Kier alpha value is -2.92. The van der Waals surface area contributed by atoms with Gasteiger partial charge in [-0.25, -0.2) is 0 Å². The maximum Gasteiger partial charge on any atom is 0.254 e. The van der Waals surface area contributed by atoms with Crippen LogP contribution >= 0.6 is 0 Å². The molecule has 0 bridgehead atoms. The highest BCUT2D eigenvalue weighted by atomic mass is 16.5. The van der Waals surface area contributed by atoms with Crippen molar-refractivity contribution in [3.8, 4) is 0 Å². The number of hydrogen-bond donors (Lipinski definition) is 1. The molecule has 5 heteroatoms. The van der Waals surface area contributed by atoms with Gasteiger partial charge >= 0.3 is 0 Å². The Morgan fingerprint density at radius 3 is 2.69 bits per heavy atom. The van der Waals surface area contributed by atoms with Crippen LogP contribution in [0.4, 0.5) is 0 Å². The van der Waals surface area contributed by atoms with Gasteiger partial charge in [0.2, 0.25) is 0 Å². The number of fused-ring (bicyclic) bond motifs is 1. The van der Waals surface area contributed by atoms with Crippen molar-refractivity contribution in [3.63, 3.8) is 0 Å². The number of aryl methyl sites for hydroxylation is 2. The number of H-pyrrole nitrogens is 1. The molecular formula is C24H26N2O3. The molecule has 0 spiro atoms. The number of aromatic nitrogens is 1. The Bertz CT molecular complexity index is 1080. The first-order valence-corrected chi connectivity index (χ1v) is 10.1. The van der Waals surface area contributed by atoms with E-state index in [1.54, 1.807) is 4.90 Å². The molecule has 1 saturated heterocycles. The second-order valence-corrected chi connectivity index (χ2v) is 7.85. The van der Waals surface area contributed by atoms with E-state index in [4.69, 9.17) is 4.74 Å². The van der Waals surface area contributed by atoms with Crippen LogP contribution in [-0.4, -0.2) is 35.0 Å². The number of carbonyl (C=O) groups is 1. The maximum atomic E-state index is 13.2. The van der Waals surface area contributed by atoms with Gasteiger partial charge in [-0.05, 0) is 55.8 Å². The van der Waals surface area contributed by atoms with Crippen LogP contribution < -0.4 is 5.56 Å². The Morgan fingerprint density at radius 1 is 1.17 bits per heavy atom. The lowest BCUT2D eigenvalue weighted by molar-refractivity contribution is 0.0506. The van der Waals surface area contributed by atoms with Crippen molar-refractivity contribution in [1.29, 1.82) is 0 Å². The van der Waals surface area contributed by atoms with Gasteiger partial charge in [-0.1, -0.05) is 35.9 Å². The van der Waals surface area contributed by atoms with Gasteiger partial charge in [0, 0.05) is 24.3 Å². The van der Waals surface area contributed by atoms with E-state index in [0.29, 0.717) is 17.7 Å². The molecule has 2 aromatic carbocycles. The van der Waals surface area contributed by atoms with E-state index in [0.717, 1.165) is 41.5 Å². The fourth-order valence-electron chi connectivity index (χ4n) is 3.88. The molecule has 0 aliphatic carbocycles. The number of ether oxygens (including phenoxy) is 1. The van der Waals surface area contributed by atoms with Crippen molar-refractivity contribution in [3.05, 3.63) is 81.1 Å². The van der Waals surface area contributed by atoms with Crippen LogP contribution in [0, 0.1) is 13.8 Å². The minimum Gasteiger partial charge on any atom is -0.376 e. The molecule has 1 atom stereocenters. The monoisotopic (exact) mass is 390 g/mol. The summed E-state index contributed by atoms with van der Waals surface area (Å²) in [5.74, 6) is -0.0794. The van der Waals surface area contributed by atoms with Crippen molar-refractivity contribution in [1.82, 2.24) is 9.88 Å². The second-order valence-electron chi connectivity index (χ2n) is 7.85. The van der Waals surface area contributed by atoms with Gasteiger partial charge < -0.3 is 14.6 Å². The van der Waals surface area contributed by atoms with Gasteiger partial charge in [-0.15, -0.1) is 0 Å². The highest BCUT2D eigenvalue weighted by molar-refractivity contribution is 5.94. The average molecular weight is 390 g/mol. The fraction of sp³-hybridized carbons (Fsp3) is 0.333. The first kappa shape index (κ1) is 19.4. The number of para-hydroxylation sites is 1. The quantitative estimate of drug-likeness (QED) is 0.717. The topological polar surface area (TPSA) is 62.4 Å². The normalized spacial score (nSPS) is 16.3. The zero-order valence-corrected chi connectivity index (χ0v) is 16.9. The molecule has 0 radical (unpaired) electrons. The smallest absolute Gasteiger partial charge is 0.254 e. The van der Waals surface area contributed by atoms with E-state index in [-0.39, 0.29) is 24.1 Å². The van der Waals surface area contributed by atoms with Gasteiger partial charge in [-0.2, -0.15) is 0 Å². The first-order valence-electron chi connectivity index (χ1n) is 10.1. The number of carbonyl (C=O) groups excluding carboxylic acids is 1. The van der Waals surface area contributed by atoms with Crippen molar-refractivity contribution in [2.45, 2.75) is 39.3 Å². The summed E-state index contributed by atoms with van der Waals surface area (Å²) < 4.78 is 5.76. The van der Waals surface area contributed by atoms with Crippen LogP contribution in [0.25, 0.3) is 10.9 Å². The standard InChI is InChI=1S/C24H26N2O3/c1-16-8-10-18(11-9-16)24(28)26(15-21-7-4-12-29-21)14-20-13-19-6-3-5-17(2)22(19)25-23(20)27/h3,5-6,8-11,13,21H,4,7,12,14-15H2,1-2H3,(H,25,27). The number of rotatable bonds is 5. The van der Waals surface area contributed by atoms with Crippen molar-refractivity contribution < 1.29 is 9.53 Å². The molecule has 1 aliphatic rings. The lowest BCUT2D eigenvalue weighted by Crippen LogP contribution is -2.38. The predicted octanol–water partition coefficient (Wildman–Crippen LogP) is 3.97. The molecule has 0 saturated carbocycles. The Morgan fingerprint density at radius 2 is 1.97 bits per heavy atom. The number of benzene rings is 2. The number of pyridine rings is 1. The van der Waals surface area contributed by atoms with E-state index in [1.807, 2.05) is 62.4 Å². The second kappa shape index (κ2) is 8.21. The lowest BCUT2D eigenvalue weighted by atomic mass is 10.1. The molecule has 1 N–H and O–H groups in total. The minimum atomic E-state index is -0.152. The van der Waals surface area contributed by atoms with Crippen LogP contribution in [0.2, 0.25) is 0 Å². The Labute approximate surface area is 170 Å². The lowest BCUT2D eigenvalue weighted by Gasteiger charge is -2.25. The van der Waals surface area contributed by atoms with Crippen LogP contribution in [0.3, 0.4) is 0 Å². The molecule has 2 heterocycles. The van der Waals surface area contributed by atoms with Crippen LogP contribution in [0.15, 0.2) is 53.3 Å². The number of nitrogens with zero attached hydrogens (tertiary/aromatic N) is 1. The summed E-state index contributed by atoms with van der Waals surface area (Å²) in [5, 5.41) is 0.972. The van der Waals surface area contributed by atoms with Gasteiger partial charge in [0.1, 0.15) is 0 Å². The average Bonchev–Trinajstić information content (AvgIpc) is 3.22. The summed E-state index contributed by atoms with van der Waals surface area (Å²) in [6.45, 7) is 5.44. The molecule has 1 amide bonds. The highest BCUT2D eigenvalue weighted by Crippen LogP contribution is 2.19. The van der Waals surface area contributed by atoms with Crippen molar-refractivity contribution in [2.24, 2.45) is 0 Å². The van der Waals surface area contributed by atoms with E-state index >= 15 is 0 Å². The van der Waals surface area contributed by atoms with Crippen LogP contribution in [0.5, 0.6) is 0 Å². The van der Waals surface area contributed by atoms with Crippen LogP contribution in [0.1, 0.15) is 39.9 Å².